The van der Waals surface area contributed by atoms with E-state index in [1.807, 2.05) is 37.3 Å². The van der Waals surface area contributed by atoms with Gasteiger partial charge in [-0.05, 0) is 40.8 Å². The molecule has 0 saturated carbocycles. The lowest BCUT2D eigenvalue weighted by atomic mass is 9.87. The van der Waals surface area contributed by atoms with Gasteiger partial charge in [0.15, 0.2) is 0 Å². The second-order valence-corrected chi connectivity index (χ2v) is 7.42. The van der Waals surface area contributed by atoms with Crippen LogP contribution >= 0.6 is 23.2 Å². The topological polar surface area (TPSA) is 38.3 Å². The molecule has 0 aliphatic carbocycles. The summed E-state index contributed by atoms with van der Waals surface area (Å²) in [5, 5.41) is 4.28. The number of hydrogen-bond donors (Lipinski definition) is 1. The van der Waals surface area contributed by atoms with Crippen molar-refractivity contribution < 1.29 is 9.53 Å². The maximum absolute atomic E-state index is 12.1. The van der Waals surface area contributed by atoms with Gasteiger partial charge in [0.1, 0.15) is 5.75 Å². The fourth-order valence-corrected chi connectivity index (χ4v) is 3.61. The highest BCUT2D eigenvalue weighted by molar-refractivity contribution is 6.33. The van der Waals surface area contributed by atoms with Gasteiger partial charge in [-0.3, -0.25) is 4.79 Å². The van der Waals surface area contributed by atoms with Gasteiger partial charge in [-0.15, -0.1) is 0 Å². The molecule has 0 radical (unpaired) electrons. The van der Waals surface area contributed by atoms with Gasteiger partial charge in [0.2, 0.25) is 5.91 Å². The first kappa shape index (κ1) is 20.6. The first-order valence-electron chi connectivity index (χ1n) is 8.75. The number of rotatable bonds is 6. The predicted molar refractivity (Wildman–Crippen MR) is 110 cm³/mol. The standard InChI is InChI=1S/C21H25Cl2NO2/c1-6-19(25)24-21-16(12(2)3)10-14(22)11-17(21)13(4)15-8-7-9-18(26-5)20(15)23/h7-13H,6H2,1-5H3,(H,24,25)/t13-/m1/s1. The second-order valence-electron chi connectivity index (χ2n) is 6.60. The van der Waals surface area contributed by atoms with E-state index in [4.69, 9.17) is 27.9 Å². The zero-order valence-corrected chi connectivity index (χ0v) is 17.3. The average Bonchev–Trinajstić information content (AvgIpc) is 2.62. The van der Waals surface area contributed by atoms with E-state index in [-0.39, 0.29) is 17.7 Å². The molecule has 5 heteroatoms. The zero-order chi connectivity index (χ0) is 19.4. The lowest BCUT2D eigenvalue weighted by Gasteiger charge is -2.24. The van der Waals surface area contributed by atoms with Crippen LogP contribution in [-0.2, 0) is 4.79 Å². The summed E-state index contributed by atoms with van der Waals surface area (Å²) in [7, 11) is 1.60. The number of methoxy groups -OCH3 is 1. The minimum Gasteiger partial charge on any atom is -0.495 e. The first-order chi connectivity index (χ1) is 12.3. The summed E-state index contributed by atoms with van der Waals surface area (Å²) in [6, 6.07) is 9.53. The normalized spacial score (nSPS) is 12.2. The Morgan fingerprint density at radius 1 is 1.12 bits per heavy atom. The van der Waals surface area contributed by atoms with Crippen LogP contribution < -0.4 is 10.1 Å². The monoisotopic (exact) mass is 393 g/mol. The Morgan fingerprint density at radius 3 is 2.35 bits per heavy atom. The van der Waals surface area contributed by atoms with E-state index < -0.39 is 0 Å². The van der Waals surface area contributed by atoms with Crippen molar-refractivity contribution >= 4 is 34.8 Å². The van der Waals surface area contributed by atoms with Crippen molar-refractivity contribution in [2.75, 3.05) is 12.4 Å². The molecule has 26 heavy (non-hydrogen) atoms. The number of anilines is 1. The van der Waals surface area contributed by atoms with Gasteiger partial charge in [0.25, 0.3) is 0 Å². The highest BCUT2D eigenvalue weighted by Gasteiger charge is 2.22. The van der Waals surface area contributed by atoms with E-state index in [1.54, 1.807) is 7.11 Å². The Morgan fingerprint density at radius 2 is 1.77 bits per heavy atom. The van der Waals surface area contributed by atoms with Gasteiger partial charge in [-0.2, -0.15) is 0 Å². The van der Waals surface area contributed by atoms with Crippen molar-refractivity contribution in [2.45, 2.75) is 46.0 Å². The largest absolute Gasteiger partial charge is 0.495 e. The molecule has 2 rings (SSSR count). The minimum atomic E-state index is -0.0686. The minimum absolute atomic E-state index is 0.0283. The van der Waals surface area contributed by atoms with Gasteiger partial charge in [0, 0.05) is 23.0 Å². The summed E-state index contributed by atoms with van der Waals surface area (Å²) in [5.74, 6) is 0.745. The van der Waals surface area contributed by atoms with Crippen molar-refractivity contribution in [1.82, 2.24) is 0 Å². The smallest absolute Gasteiger partial charge is 0.224 e. The van der Waals surface area contributed by atoms with Crippen LogP contribution in [0.25, 0.3) is 0 Å². The van der Waals surface area contributed by atoms with Crippen molar-refractivity contribution in [3.05, 3.63) is 57.1 Å². The summed E-state index contributed by atoms with van der Waals surface area (Å²) in [6.45, 7) is 8.06. The van der Waals surface area contributed by atoms with Crippen LogP contribution in [0.15, 0.2) is 30.3 Å². The lowest BCUT2D eigenvalue weighted by molar-refractivity contribution is -0.115. The molecule has 140 valence electrons. The molecule has 0 aromatic heterocycles. The lowest BCUT2D eigenvalue weighted by Crippen LogP contribution is -2.15. The van der Waals surface area contributed by atoms with Crippen LogP contribution in [-0.4, -0.2) is 13.0 Å². The van der Waals surface area contributed by atoms with E-state index in [2.05, 4.69) is 26.1 Å². The number of hydrogen-bond acceptors (Lipinski definition) is 2. The number of benzene rings is 2. The SMILES string of the molecule is CCC(=O)Nc1c(C(C)C)cc(Cl)cc1[C@H](C)c1cccc(OC)c1Cl. The van der Waals surface area contributed by atoms with Crippen LogP contribution in [0.5, 0.6) is 5.75 Å². The molecule has 0 unspecified atom stereocenters. The zero-order valence-electron chi connectivity index (χ0n) is 15.8. The number of halogens is 2. The average molecular weight is 394 g/mol. The molecule has 1 atom stereocenters. The van der Waals surface area contributed by atoms with E-state index >= 15 is 0 Å². The molecular weight excluding hydrogens is 369 g/mol. The molecule has 0 aliphatic heterocycles. The third-order valence-electron chi connectivity index (χ3n) is 4.52. The van der Waals surface area contributed by atoms with E-state index in [0.717, 1.165) is 22.4 Å². The molecule has 0 spiro atoms. The van der Waals surface area contributed by atoms with Crippen molar-refractivity contribution in [1.29, 1.82) is 0 Å². The number of ether oxygens (including phenoxy) is 1. The highest BCUT2D eigenvalue weighted by atomic mass is 35.5. The number of carbonyl (C=O) groups is 1. The highest BCUT2D eigenvalue weighted by Crippen LogP contribution is 2.41. The maximum Gasteiger partial charge on any atom is 0.224 e. The van der Waals surface area contributed by atoms with E-state index in [0.29, 0.717) is 22.2 Å². The van der Waals surface area contributed by atoms with Gasteiger partial charge >= 0.3 is 0 Å². The van der Waals surface area contributed by atoms with Gasteiger partial charge < -0.3 is 10.1 Å². The molecule has 1 amide bonds. The van der Waals surface area contributed by atoms with E-state index in [9.17, 15) is 4.79 Å². The van der Waals surface area contributed by atoms with Crippen LogP contribution in [0.4, 0.5) is 5.69 Å². The van der Waals surface area contributed by atoms with Crippen LogP contribution in [0, 0.1) is 0 Å². The van der Waals surface area contributed by atoms with Crippen LogP contribution in [0.1, 0.15) is 62.6 Å². The number of carbonyl (C=O) groups excluding carboxylic acids is 1. The molecule has 0 aliphatic rings. The fraction of sp³-hybridized carbons (Fsp3) is 0.381. The number of nitrogens with one attached hydrogen (secondary N) is 1. The molecule has 0 bridgehead atoms. The summed E-state index contributed by atoms with van der Waals surface area (Å²) in [5.41, 5.74) is 3.70. The summed E-state index contributed by atoms with van der Waals surface area (Å²) in [6.07, 6.45) is 0.411. The van der Waals surface area contributed by atoms with Gasteiger partial charge in [0.05, 0.1) is 12.1 Å². The maximum atomic E-state index is 12.1. The Kier molecular flexibility index (Phi) is 6.96. The third kappa shape index (κ3) is 4.33. The predicted octanol–water partition coefficient (Wildman–Crippen LogP) is 6.63. The fourth-order valence-electron chi connectivity index (χ4n) is 3.01. The second kappa shape index (κ2) is 8.79. The Labute approximate surface area is 165 Å². The Bertz CT molecular complexity index is 803. The van der Waals surface area contributed by atoms with Gasteiger partial charge in [-0.25, -0.2) is 0 Å². The van der Waals surface area contributed by atoms with Crippen LogP contribution in [0.3, 0.4) is 0 Å². The molecule has 0 fully saturated rings. The Hall–Kier alpha value is -1.71. The van der Waals surface area contributed by atoms with Gasteiger partial charge in [-0.1, -0.05) is 63.0 Å². The molecule has 3 nitrogen and oxygen atoms in total. The van der Waals surface area contributed by atoms with Crippen molar-refractivity contribution in [3.63, 3.8) is 0 Å². The quantitative estimate of drug-likeness (QED) is 0.598. The summed E-state index contributed by atoms with van der Waals surface area (Å²) in [4.78, 5) is 12.1. The molecule has 2 aromatic rings. The van der Waals surface area contributed by atoms with E-state index in [1.165, 1.54) is 0 Å². The molecule has 1 N–H and O–H groups in total. The number of amides is 1. The summed E-state index contributed by atoms with van der Waals surface area (Å²) < 4.78 is 5.34. The van der Waals surface area contributed by atoms with Crippen molar-refractivity contribution in [2.24, 2.45) is 0 Å². The molecule has 0 saturated heterocycles. The molecule has 2 aromatic carbocycles. The first-order valence-corrected chi connectivity index (χ1v) is 9.51. The third-order valence-corrected chi connectivity index (χ3v) is 5.14. The van der Waals surface area contributed by atoms with Crippen LogP contribution in [0.2, 0.25) is 10.0 Å². The Balaban J connectivity index is 2.65. The molecular formula is C21H25Cl2NO2. The molecule has 0 heterocycles. The van der Waals surface area contributed by atoms with Crippen molar-refractivity contribution in [3.8, 4) is 5.75 Å². The summed E-state index contributed by atoms with van der Waals surface area (Å²) >= 11 is 12.9.